The Bertz CT molecular complexity index is 332. The minimum Gasteiger partial charge on any atom is -0.261 e. The van der Waals surface area contributed by atoms with Crippen LogP contribution in [-0.4, -0.2) is 14.7 Å². The second kappa shape index (κ2) is 2.45. The summed E-state index contributed by atoms with van der Waals surface area (Å²) in [5.41, 5.74) is -0.108. The molecule has 1 aliphatic carbocycles. The van der Waals surface area contributed by atoms with Gasteiger partial charge >= 0.3 is 5.69 Å². The minimum absolute atomic E-state index is 0.0214. The van der Waals surface area contributed by atoms with E-state index in [1.165, 1.54) is 6.20 Å². The first-order valence-electron chi connectivity index (χ1n) is 3.57. The molecular weight excluding hydrogens is 182 g/mol. The summed E-state index contributed by atoms with van der Waals surface area (Å²) in [7, 11) is 0. The lowest BCUT2D eigenvalue weighted by atomic mass is 10.6. The molecule has 0 aliphatic heterocycles. The van der Waals surface area contributed by atoms with E-state index in [9.17, 15) is 10.1 Å². The van der Waals surface area contributed by atoms with Crippen molar-refractivity contribution in [3.63, 3.8) is 0 Å². The minimum atomic E-state index is -0.520. The monoisotopic (exact) mass is 187 g/mol. The molecule has 0 unspecified atom stereocenters. The second-order valence-corrected chi connectivity index (χ2v) is 3.13. The molecule has 0 saturated heterocycles. The average Bonchev–Trinajstić information content (AvgIpc) is 2.75. The molecule has 64 valence electrons. The number of rotatable bonds is 2. The standard InChI is InChI=1S/C6H6ClN3O2/c7-6-5(10(11)12)3-9(8-6)4-1-2-4/h3-4H,1-2H2. The predicted molar refractivity (Wildman–Crippen MR) is 42.2 cm³/mol. The van der Waals surface area contributed by atoms with Crippen LogP contribution in [0.2, 0.25) is 5.15 Å². The van der Waals surface area contributed by atoms with E-state index in [4.69, 9.17) is 11.6 Å². The number of nitro groups is 1. The Morgan fingerprint density at radius 2 is 2.42 bits per heavy atom. The Balaban J connectivity index is 2.36. The van der Waals surface area contributed by atoms with Gasteiger partial charge in [0.05, 0.1) is 11.0 Å². The van der Waals surface area contributed by atoms with Crippen LogP contribution in [0.25, 0.3) is 0 Å². The van der Waals surface area contributed by atoms with Gasteiger partial charge in [-0.3, -0.25) is 14.8 Å². The zero-order valence-corrected chi connectivity index (χ0v) is 6.86. The van der Waals surface area contributed by atoms with Gasteiger partial charge in [-0.1, -0.05) is 11.6 Å². The van der Waals surface area contributed by atoms with Crippen molar-refractivity contribution < 1.29 is 4.92 Å². The molecular formula is C6H6ClN3O2. The molecule has 1 aromatic heterocycles. The van der Waals surface area contributed by atoms with Crippen LogP contribution in [-0.2, 0) is 0 Å². The van der Waals surface area contributed by atoms with Crippen LogP contribution in [0.4, 0.5) is 5.69 Å². The molecule has 1 fully saturated rings. The van der Waals surface area contributed by atoms with E-state index in [0.717, 1.165) is 12.8 Å². The Morgan fingerprint density at radius 3 is 2.83 bits per heavy atom. The van der Waals surface area contributed by atoms with Crippen LogP contribution in [0.5, 0.6) is 0 Å². The van der Waals surface area contributed by atoms with Gasteiger partial charge in [-0.25, -0.2) is 0 Å². The van der Waals surface area contributed by atoms with Crippen molar-refractivity contribution in [2.75, 3.05) is 0 Å². The predicted octanol–water partition coefficient (Wildman–Crippen LogP) is 1.78. The average molecular weight is 188 g/mol. The number of halogens is 1. The van der Waals surface area contributed by atoms with Crippen molar-refractivity contribution in [1.82, 2.24) is 9.78 Å². The number of aromatic nitrogens is 2. The van der Waals surface area contributed by atoms with E-state index in [-0.39, 0.29) is 10.8 Å². The summed E-state index contributed by atoms with van der Waals surface area (Å²) >= 11 is 5.54. The van der Waals surface area contributed by atoms with Gasteiger partial charge in [0.1, 0.15) is 6.20 Å². The van der Waals surface area contributed by atoms with Crippen LogP contribution >= 0.6 is 11.6 Å². The fraction of sp³-hybridized carbons (Fsp3) is 0.500. The summed E-state index contributed by atoms with van der Waals surface area (Å²) in [5, 5.41) is 14.2. The van der Waals surface area contributed by atoms with Crippen LogP contribution in [0.15, 0.2) is 6.20 Å². The summed E-state index contributed by atoms with van der Waals surface area (Å²) in [4.78, 5) is 9.83. The molecule has 0 N–H and O–H groups in total. The van der Waals surface area contributed by atoms with Gasteiger partial charge in [0.25, 0.3) is 0 Å². The first kappa shape index (κ1) is 7.54. The van der Waals surface area contributed by atoms with Gasteiger partial charge in [-0.05, 0) is 12.8 Å². The summed E-state index contributed by atoms with van der Waals surface area (Å²) in [6, 6.07) is 0.330. The Hall–Kier alpha value is -1.10. The van der Waals surface area contributed by atoms with Crippen LogP contribution in [0.1, 0.15) is 18.9 Å². The van der Waals surface area contributed by atoms with Crippen molar-refractivity contribution in [2.45, 2.75) is 18.9 Å². The smallest absolute Gasteiger partial charge is 0.261 e. The van der Waals surface area contributed by atoms with Crippen molar-refractivity contribution in [3.8, 4) is 0 Å². The molecule has 0 atom stereocenters. The molecule has 5 nitrogen and oxygen atoms in total. The van der Waals surface area contributed by atoms with Gasteiger partial charge in [-0.2, -0.15) is 5.10 Å². The highest BCUT2D eigenvalue weighted by Gasteiger charge is 2.28. The van der Waals surface area contributed by atoms with Crippen LogP contribution in [0.3, 0.4) is 0 Å². The highest BCUT2D eigenvalue weighted by molar-refractivity contribution is 6.31. The zero-order valence-electron chi connectivity index (χ0n) is 6.11. The van der Waals surface area contributed by atoms with E-state index < -0.39 is 4.92 Å². The molecule has 0 amide bonds. The number of hydrogen-bond acceptors (Lipinski definition) is 3. The highest BCUT2D eigenvalue weighted by atomic mass is 35.5. The van der Waals surface area contributed by atoms with Gasteiger partial charge in [0.2, 0.25) is 5.15 Å². The normalized spacial score (nSPS) is 16.4. The number of nitrogens with zero attached hydrogens (tertiary/aromatic N) is 3. The molecule has 0 spiro atoms. The fourth-order valence-electron chi connectivity index (χ4n) is 1.01. The quantitative estimate of drug-likeness (QED) is 0.524. The fourth-order valence-corrected chi connectivity index (χ4v) is 1.21. The van der Waals surface area contributed by atoms with E-state index in [2.05, 4.69) is 5.10 Å². The van der Waals surface area contributed by atoms with Crippen LogP contribution in [0, 0.1) is 10.1 Å². The van der Waals surface area contributed by atoms with Crippen molar-refractivity contribution in [3.05, 3.63) is 21.5 Å². The first-order chi connectivity index (χ1) is 5.68. The maximum absolute atomic E-state index is 10.3. The molecule has 1 saturated carbocycles. The summed E-state index contributed by atoms with van der Waals surface area (Å²) < 4.78 is 1.57. The van der Waals surface area contributed by atoms with Gasteiger partial charge < -0.3 is 0 Å². The third kappa shape index (κ3) is 1.16. The molecule has 6 heteroatoms. The number of hydrogen-bond donors (Lipinski definition) is 0. The summed E-state index contributed by atoms with van der Waals surface area (Å²) in [6.45, 7) is 0. The largest absolute Gasteiger partial charge is 0.325 e. The maximum atomic E-state index is 10.3. The molecule has 1 heterocycles. The molecule has 12 heavy (non-hydrogen) atoms. The van der Waals surface area contributed by atoms with E-state index in [1.54, 1.807) is 4.68 Å². The van der Waals surface area contributed by atoms with Crippen molar-refractivity contribution in [1.29, 1.82) is 0 Å². The van der Waals surface area contributed by atoms with Gasteiger partial charge in [-0.15, -0.1) is 0 Å². The lowest BCUT2D eigenvalue weighted by Crippen LogP contribution is -1.92. The Morgan fingerprint density at radius 1 is 1.75 bits per heavy atom. The van der Waals surface area contributed by atoms with Gasteiger partial charge in [0, 0.05) is 0 Å². The van der Waals surface area contributed by atoms with Crippen molar-refractivity contribution >= 4 is 17.3 Å². The van der Waals surface area contributed by atoms with E-state index in [0.29, 0.717) is 6.04 Å². The Kier molecular flexibility index (Phi) is 1.54. The highest BCUT2D eigenvalue weighted by Crippen LogP contribution is 2.36. The summed E-state index contributed by atoms with van der Waals surface area (Å²) in [6.07, 6.45) is 3.46. The molecule has 0 aromatic carbocycles. The molecule has 1 aromatic rings. The topological polar surface area (TPSA) is 61.0 Å². The molecule has 0 bridgehead atoms. The third-order valence-electron chi connectivity index (χ3n) is 1.79. The third-order valence-corrected chi connectivity index (χ3v) is 2.06. The zero-order chi connectivity index (χ0) is 8.72. The van der Waals surface area contributed by atoms with Crippen molar-refractivity contribution in [2.24, 2.45) is 0 Å². The Labute approximate surface area is 73.1 Å². The maximum Gasteiger partial charge on any atom is 0.325 e. The van der Waals surface area contributed by atoms with E-state index >= 15 is 0 Å². The first-order valence-corrected chi connectivity index (χ1v) is 3.95. The van der Waals surface area contributed by atoms with Gasteiger partial charge in [0.15, 0.2) is 0 Å². The second-order valence-electron chi connectivity index (χ2n) is 2.77. The summed E-state index contributed by atoms with van der Waals surface area (Å²) in [5.74, 6) is 0. The lowest BCUT2D eigenvalue weighted by molar-refractivity contribution is -0.384. The lowest BCUT2D eigenvalue weighted by Gasteiger charge is -1.90. The molecule has 1 aliphatic rings. The molecule has 2 rings (SSSR count). The van der Waals surface area contributed by atoms with E-state index in [1.807, 2.05) is 0 Å². The van der Waals surface area contributed by atoms with Crippen LogP contribution < -0.4 is 0 Å². The molecule has 0 radical (unpaired) electrons. The SMILES string of the molecule is O=[N+]([O-])c1cn(C2CC2)nc1Cl.